The van der Waals surface area contributed by atoms with Crippen molar-refractivity contribution in [2.45, 2.75) is 38.4 Å². The minimum atomic E-state index is -0.195. The topological polar surface area (TPSA) is 61.4 Å². The van der Waals surface area contributed by atoms with Crippen LogP contribution in [0.3, 0.4) is 0 Å². The van der Waals surface area contributed by atoms with Crippen molar-refractivity contribution in [2.24, 2.45) is 5.92 Å². The average molecular weight is 293 g/mol. The van der Waals surface area contributed by atoms with Gasteiger partial charge in [0.05, 0.1) is 6.04 Å². The van der Waals surface area contributed by atoms with Gasteiger partial charge in [-0.05, 0) is 34.7 Å². The van der Waals surface area contributed by atoms with Crippen molar-refractivity contribution < 1.29 is 9.59 Å². The molecule has 20 heavy (non-hydrogen) atoms. The third-order valence-electron chi connectivity index (χ3n) is 3.99. The van der Waals surface area contributed by atoms with Crippen molar-refractivity contribution in [3.05, 3.63) is 22.4 Å². The third kappa shape index (κ3) is 2.95. The Hall–Kier alpha value is -1.56. The molecular weight excluding hydrogens is 274 g/mol. The minimum absolute atomic E-state index is 0.0576. The number of amides is 3. The highest BCUT2D eigenvalue weighted by molar-refractivity contribution is 7.07. The highest BCUT2D eigenvalue weighted by atomic mass is 32.1. The zero-order valence-corrected chi connectivity index (χ0v) is 12.3. The van der Waals surface area contributed by atoms with Crippen LogP contribution in [0, 0.1) is 5.92 Å². The molecule has 2 heterocycles. The molecule has 0 bridgehead atoms. The summed E-state index contributed by atoms with van der Waals surface area (Å²) in [5.74, 6) is 0.785. The van der Waals surface area contributed by atoms with E-state index in [4.69, 9.17) is 0 Å². The van der Waals surface area contributed by atoms with Gasteiger partial charge in [0.1, 0.15) is 0 Å². The second-order valence-corrected chi connectivity index (χ2v) is 6.47. The molecule has 0 unspecified atom stereocenters. The third-order valence-corrected chi connectivity index (χ3v) is 4.73. The molecule has 1 aromatic heterocycles. The molecule has 3 atom stereocenters. The van der Waals surface area contributed by atoms with Gasteiger partial charge in [-0.2, -0.15) is 11.3 Å². The van der Waals surface area contributed by atoms with Crippen LogP contribution in [0.25, 0.3) is 0 Å². The van der Waals surface area contributed by atoms with Gasteiger partial charge in [-0.25, -0.2) is 4.79 Å². The van der Waals surface area contributed by atoms with Crippen LogP contribution in [0.5, 0.6) is 0 Å². The van der Waals surface area contributed by atoms with Gasteiger partial charge in [0.2, 0.25) is 5.91 Å². The van der Waals surface area contributed by atoms with E-state index in [1.165, 1.54) is 0 Å². The second kappa shape index (κ2) is 5.44. The largest absolute Gasteiger partial charge is 0.337 e. The Morgan fingerprint density at radius 2 is 2.35 bits per heavy atom. The zero-order valence-electron chi connectivity index (χ0n) is 11.5. The van der Waals surface area contributed by atoms with Crippen LogP contribution >= 0.6 is 11.3 Å². The summed E-state index contributed by atoms with van der Waals surface area (Å²) in [7, 11) is 0. The number of hydrogen-bond acceptors (Lipinski definition) is 3. The SMILES string of the molecule is C[C@@H]1C[C@H]1N1C[C@@H](NC(=O)NCc2ccsc2)CC1=O. The fourth-order valence-electron chi connectivity index (χ4n) is 2.70. The first kappa shape index (κ1) is 13.4. The summed E-state index contributed by atoms with van der Waals surface area (Å²) < 4.78 is 0. The molecule has 1 saturated carbocycles. The number of rotatable bonds is 4. The molecule has 1 aliphatic heterocycles. The molecule has 6 heteroatoms. The molecule has 3 amide bonds. The lowest BCUT2D eigenvalue weighted by molar-refractivity contribution is -0.128. The first-order valence-electron chi connectivity index (χ1n) is 6.98. The summed E-state index contributed by atoms with van der Waals surface area (Å²) in [5.41, 5.74) is 1.10. The molecule has 2 fully saturated rings. The van der Waals surface area contributed by atoms with Gasteiger partial charge in [-0.3, -0.25) is 4.79 Å². The normalized spacial score (nSPS) is 28.6. The lowest BCUT2D eigenvalue weighted by Gasteiger charge is -2.17. The van der Waals surface area contributed by atoms with Crippen LogP contribution in [-0.4, -0.2) is 35.5 Å². The van der Waals surface area contributed by atoms with E-state index in [-0.39, 0.29) is 18.0 Å². The lowest BCUT2D eigenvalue weighted by Crippen LogP contribution is -2.43. The molecule has 1 aromatic rings. The predicted octanol–water partition coefficient (Wildman–Crippen LogP) is 1.56. The average Bonchev–Trinajstić information content (AvgIpc) is 2.81. The maximum Gasteiger partial charge on any atom is 0.315 e. The van der Waals surface area contributed by atoms with Crippen molar-refractivity contribution in [1.82, 2.24) is 15.5 Å². The maximum atomic E-state index is 11.9. The summed E-state index contributed by atoms with van der Waals surface area (Å²) in [5, 5.41) is 9.71. The lowest BCUT2D eigenvalue weighted by atomic mass is 10.2. The van der Waals surface area contributed by atoms with Crippen LogP contribution in [0.2, 0.25) is 0 Å². The van der Waals surface area contributed by atoms with Gasteiger partial charge in [-0.15, -0.1) is 0 Å². The number of nitrogens with one attached hydrogen (secondary N) is 2. The van der Waals surface area contributed by atoms with Gasteiger partial charge in [0.25, 0.3) is 0 Å². The first-order valence-corrected chi connectivity index (χ1v) is 7.92. The smallest absolute Gasteiger partial charge is 0.315 e. The molecule has 0 radical (unpaired) electrons. The molecule has 5 nitrogen and oxygen atoms in total. The van der Waals surface area contributed by atoms with E-state index < -0.39 is 0 Å². The fourth-order valence-corrected chi connectivity index (χ4v) is 3.37. The highest BCUT2D eigenvalue weighted by Gasteiger charge is 2.44. The number of thiophene rings is 1. The molecular formula is C14H19N3O2S. The number of likely N-dealkylation sites (tertiary alicyclic amines) is 1. The monoisotopic (exact) mass is 293 g/mol. The van der Waals surface area contributed by atoms with Crippen LogP contribution < -0.4 is 10.6 Å². The van der Waals surface area contributed by atoms with Crippen molar-refractivity contribution in [1.29, 1.82) is 0 Å². The van der Waals surface area contributed by atoms with E-state index in [1.807, 2.05) is 21.7 Å². The van der Waals surface area contributed by atoms with Gasteiger partial charge in [0.15, 0.2) is 0 Å². The summed E-state index contributed by atoms with van der Waals surface area (Å²) in [6.07, 6.45) is 1.53. The fraction of sp³-hybridized carbons (Fsp3) is 0.571. The van der Waals surface area contributed by atoms with Crippen molar-refractivity contribution >= 4 is 23.3 Å². The summed E-state index contributed by atoms with van der Waals surface area (Å²) in [4.78, 5) is 25.6. The molecule has 1 saturated heterocycles. The Morgan fingerprint density at radius 1 is 1.55 bits per heavy atom. The Balaban J connectivity index is 1.44. The summed E-state index contributed by atoms with van der Waals surface area (Å²) >= 11 is 1.61. The molecule has 2 aliphatic rings. The Morgan fingerprint density at radius 3 is 3.00 bits per heavy atom. The second-order valence-electron chi connectivity index (χ2n) is 5.69. The summed E-state index contributed by atoms with van der Waals surface area (Å²) in [6.45, 7) is 3.34. The van der Waals surface area contributed by atoms with Crippen molar-refractivity contribution in [3.63, 3.8) is 0 Å². The van der Waals surface area contributed by atoms with Crippen molar-refractivity contribution in [2.75, 3.05) is 6.54 Å². The Bertz CT molecular complexity index is 503. The predicted molar refractivity (Wildman–Crippen MR) is 77.4 cm³/mol. The molecule has 0 aromatic carbocycles. The van der Waals surface area contributed by atoms with E-state index in [9.17, 15) is 9.59 Å². The van der Waals surface area contributed by atoms with Gasteiger partial charge in [-0.1, -0.05) is 6.92 Å². The van der Waals surface area contributed by atoms with Gasteiger partial charge < -0.3 is 15.5 Å². The van der Waals surface area contributed by atoms with E-state index in [0.717, 1.165) is 12.0 Å². The van der Waals surface area contributed by atoms with Crippen LogP contribution in [0.1, 0.15) is 25.3 Å². The van der Waals surface area contributed by atoms with E-state index in [0.29, 0.717) is 31.5 Å². The van der Waals surface area contributed by atoms with Crippen LogP contribution in [0.4, 0.5) is 4.79 Å². The molecule has 0 spiro atoms. The Labute approximate surface area is 122 Å². The molecule has 3 rings (SSSR count). The van der Waals surface area contributed by atoms with E-state index in [1.54, 1.807) is 11.3 Å². The molecule has 108 valence electrons. The van der Waals surface area contributed by atoms with E-state index >= 15 is 0 Å². The van der Waals surface area contributed by atoms with Gasteiger partial charge in [0, 0.05) is 25.6 Å². The number of nitrogens with zero attached hydrogens (tertiary/aromatic N) is 1. The highest BCUT2D eigenvalue weighted by Crippen LogP contribution is 2.37. The Kier molecular flexibility index (Phi) is 3.65. The van der Waals surface area contributed by atoms with Crippen LogP contribution in [0.15, 0.2) is 16.8 Å². The summed E-state index contributed by atoms with van der Waals surface area (Å²) in [6, 6.07) is 2.14. The van der Waals surface area contributed by atoms with E-state index in [2.05, 4.69) is 17.6 Å². The quantitative estimate of drug-likeness (QED) is 0.885. The number of carbonyl (C=O) groups excluding carboxylic acids is 2. The number of hydrogen-bond donors (Lipinski definition) is 2. The van der Waals surface area contributed by atoms with Gasteiger partial charge >= 0.3 is 6.03 Å². The van der Waals surface area contributed by atoms with Crippen LogP contribution in [-0.2, 0) is 11.3 Å². The number of urea groups is 1. The van der Waals surface area contributed by atoms with Crippen molar-refractivity contribution in [3.8, 4) is 0 Å². The molecule has 1 aliphatic carbocycles. The first-order chi connectivity index (χ1) is 9.63. The zero-order chi connectivity index (χ0) is 14.1. The molecule has 2 N–H and O–H groups in total. The number of carbonyl (C=O) groups is 2. The minimum Gasteiger partial charge on any atom is -0.337 e. The maximum absolute atomic E-state index is 11.9. The standard InChI is InChI=1S/C14H19N3O2S/c1-9-4-12(9)17-7-11(5-13(17)18)16-14(19)15-6-10-2-3-20-8-10/h2-3,8-9,11-12H,4-7H2,1H3,(H2,15,16,19)/t9-,11+,12-/m1/s1.